The minimum absolute atomic E-state index is 0.177. The molecular weight excluding hydrogens is 238 g/mol. The first-order chi connectivity index (χ1) is 9.15. The highest BCUT2D eigenvalue weighted by molar-refractivity contribution is 5.16. The maximum absolute atomic E-state index is 6.21. The molecule has 3 heterocycles. The molecule has 1 aromatic rings. The zero-order valence-corrected chi connectivity index (χ0v) is 12.1. The second-order valence-electron chi connectivity index (χ2n) is 6.20. The zero-order chi connectivity index (χ0) is 13.5. The highest BCUT2D eigenvalue weighted by atomic mass is 16.3. The van der Waals surface area contributed by atoms with Crippen molar-refractivity contribution in [3.05, 3.63) is 23.7 Å². The summed E-state index contributed by atoms with van der Waals surface area (Å²) in [5.74, 6) is 1.76. The van der Waals surface area contributed by atoms with Gasteiger partial charge in [-0.2, -0.15) is 0 Å². The Labute approximate surface area is 115 Å². The van der Waals surface area contributed by atoms with Gasteiger partial charge in [0, 0.05) is 30.7 Å². The predicted molar refractivity (Wildman–Crippen MR) is 75.9 cm³/mol. The van der Waals surface area contributed by atoms with Crippen LogP contribution < -0.4 is 5.73 Å². The first-order valence-electron chi connectivity index (χ1n) is 7.32. The lowest BCUT2D eigenvalue weighted by atomic mass is 9.77. The van der Waals surface area contributed by atoms with Crippen LogP contribution in [-0.4, -0.2) is 48.6 Å². The summed E-state index contributed by atoms with van der Waals surface area (Å²) >= 11 is 0. The maximum atomic E-state index is 6.21. The first-order valence-corrected chi connectivity index (χ1v) is 7.32. The molecule has 4 heteroatoms. The van der Waals surface area contributed by atoms with Gasteiger partial charge in [0.25, 0.3) is 0 Å². The van der Waals surface area contributed by atoms with Crippen molar-refractivity contribution in [2.24, 2.45) is 11.7 Å². The van der Waals surface area contributed by atoms with E-state index in [2.05, 4.69) is 22.9 Å². The van der Waals surface area contributed by atoms with Gasteiger partial charge in [-0.15, -0.1) is 0 Å². The van der Waals surface area contributed by atoms with Crippen LogP contribution in [0.1, 0.15) is 24.2 Å². The van der Waals surface area contributed by atoms with Gasteiger partial charge in [-0.3, -0.25) is 4.90 Å². The molecule has 0 saturated carbocycles. The molecule has 2 N–H and O–H groups in total. The first kappa shape index (κ1) is 13.2. The molecule has 4 nitrogen and oxygen atoms in total. The number of piperidine rings is 1. The predicted octanol–water partition coefficient (Wildman–Crippen LogP) is 1.44. The van der Waals surface area contributed by atoms with Crippen molar-refractivity contribution in [2.45, 2.75) is 31.8 Å². The summed E-state index contributed by atoms with van der Waals surface area (Å²) in [5, 5.41) is 0. The Morgan fingerprint density at radius 1 is 1.53 bits per heavy atom. The molecular formula is C15H25N3O. The smallest absolute Gasteiger partial charge is 0.105 e. The third-order valence-electron chi connectivity index (χ3n) is 5.38. The number of fused-ring (bicyclic) bond motifs is 2. The SMILES string of the molecule is Cc1occc1CN(C)C1(CN)CCN2CCC1C2. The van der Waals surface area contributed by atoms with E-state index in [0.717, 1.165) is 24.8 Å². The second kappa shape index (κ2) is 4.93. The van der Waals surface area contributed by atoms with E-state index in [1.807, 2.05) is 6.92 Å². The van der Waals surface area contributed by atoms with Crippen molar-refractivity contribution < 1.29 is 4.42 Å². The molecule has 2 bridgehead atoms. The van der Waals surface area contributed by atoms with Gasteiger partial charge in [0.1, 0.15) is 5.76 Å². The van der Waals surface area contributed by atoms with Crippen molar-refractivity contribution in [3.8, 4) is 0 Å². The van der Waals surface area contributed by atoms with Crippen LogP contribution >= 0.6 is 0 Å². The van der Waals surface area contributed by atoms with Gasteiger partial charge >= 0.3 is 0 Å². The van der Waals surface area contributed by atoms with Crippen LogP contribution in [0.4, 0.5) is 0 Å². The van der Waals surface area contributed by atoms with E-state index >= 15 is 0 Å². The fourth-order valence-corrected chi connectivity index (χ4v) is 3.95. The molecule has 3 unspecified atom stereocenters. The van der Waals surface area contributed by atoms with E-state index in [4.69, 9.17) is 10.2 Å². The van der Waals surface area contributed by atoms with E-state index in [1.54, 1.807) is 6.26 Å². The molecule has 3 rings (SSSR count). The molecule has 106 valence electrons. The fourth-order valence-electron chi connectivity index (χ4n) is 3.95. The van der Waals surface area contributed by atoms with Crippen LogP contribution in [-0.2, 0) is 6.54 Å². The Balaban J connectivity index is 1.79. The molecule has 3 atom stereocenters. The molecule has 2 aliphatic heterocycles. The van der Waals surface area contributed by atoms with Gasteiger partial charge < -0.3 is 15.1 Å². The molecule has 19 heavy (non-hydrogen) atoms. The van der Waals surface area contributed by atoms with Crippen molar-refractivity contribution in [1.29, 1.82) is 0 Å². The Kier molecular flexibility index (Phi) is 3.41. The number of hydrogen-bond donors (Lipinski definition) is 1. The van der Waals surface area contributed by atoms with E-state index in [9.17, 15) is 0 Å². The minimum atomic E-state index is 0.177. The van der Waals surface area contributed by atoms with Crippen LogP contribution in [0.3, 0.4) is 0 Å². The zero-order valence-electron chi connectivity index (χ0n) is 12.1. The quantitative estimate of drug-likeness (QED) is 0.893. The van der Waals surface area contributed by atoms with Crippen LogP contribution in [0.5, 0.6) is 0 Å². The number of nitrogens with two attached hydrogens (primary N) is 1. The van der Waals surface area contributed by atoms with Crippen LogP contribution in [0.2, 0.25) is 0 Å². The summed E-state index contributed by atoms with van der Waals surface area (Å²) in [6.07, 6.45) is 4.28. The van der Waals surface area contributed by atoms with Gasteiger partial charge in [-0.05, 0) is 51.9 Å². The molecule has 2 saturated heterocycles. The van der Waals surface area contributed by atoms with E-state index in [-0.39, 0.29) is 5.54 Å². The van der Waals surface area contributed by atoms with Crippen LogP contribution in [0, 0.1) is 12.8 Å². The second-order valence-corrected chi connectivity index (χ2v) is 6.20. The Morgan fingerprint density at radius 2 is 2.37 bits per heavy atom. The number of nitrogens with zero attached hydrogens (tertiary/aromatic N) is 2. The highest BCUT2D eigenvalue weighted by Crippen LogP contribution is 2.39. The normalized spacial score (nSPS) is 34.1. The molecule has 0 radical (unpaired) electrons. The summed E-state index contributed by atoms with van der Waals surface area (Å²) in [6.45, 7) is 7.42. The third-order valence-corrected chi connectivity index (χ3v) is 5.38. The number of furan rings is 1. The number of aryl methyl sites for hydroxylation is 1. The molecule has 0 aliphatic carbocycles. The summed E-state index contributed by atoms with van der Waals surface area (Å²) < 4.78 is 5.41. The summed E-state index contributed by atoms with van der Waals surface area (Å²) in [4.78, 5) is 5.06. The molecule has 1 aromatic heterocycles. The lowest BCUT2D eigenvalue weighted by Gasteiger charge is -2.48. The Hall–Kier alpha value is -0.840. The van der Waals surface area contributed by atoms with E-state index in [0.29, 0.717) is 0 Å². The van der Waals surface area contributed by atoms with Crippen molar-refractivity contribution in [2.75, 3.05) is 33.2 Å². The lowest BCUT2D eigenvalue weighted by Crippen LogP contribution is -2.60. The van der Waals surface area contributed by atoms with Crippen LogP contribution in [0.15, 0.2) is 16.7 Å². The molecule has 0 amide bonds. The van der Waals surface area contributed by atoms with Crippen molar-refractivity contribution in [3.63, 3.8) is 0 Å². The Bertz CT molecular complexity index is 444. The lowest BCUT2D eigenvalue weighted by molar-refractivity contribution is 0.0210. The van der Waals surface area contributed by atoms with Gasteiger partial charge in [0.2, 0.25) is 0 Å². The van der Waals surface area contributed by atoms with Gasteiger partial charge in [0.15, 0.2) is 0 Å². The van der Waals surface area contributed by atoms with Gasteiger partial charge in [-0.25, -0.2) is 0 Å². The maximum Gasteiger partial charge on any atom is 0.105 e. The molecule has 2 fully saturated rings. The highest BCUT2D eigenvalue weighted by Gasteiger charge is 2.47. The van der Waals surface area contributed by atoms with Crippen LogP contribution in [0.25, 0.3) is 0 Å². The summed E-state index contributed by atoms with van der Waals surface area (Å²) in [6, 6.07) is 2.08. The van der Waals surface area contributed by atoms with Crippen molar-refractivity contribution >= 4 is 0 Å². The summed E-state index contributed by atoms with van der Waals surface area (Å²) in [7, 11) is 2.23. The molecule has 0 aromatic carbocycles. The van der Waals surface area contributed by atoms with Gasteiger partial charge in [0.05, 0.1) is 6.26 Å². The van der Waals surface area contributed by atoms with E-state index in [1.165, 1.54) is 38.0 Å². The van der Waals surface area contributed by atoms with Crippen molar-refractivity contribution in [1.82, 2.24) is 9.80 Å². The number of hydrogen-bond acceptors (Lipinski definition) is 4. The average Bonchev–Trinajstić information content (AvgIpc) is 2.99. The number of likely N-dealkylation sites (N-methyl/N-ethyl adjacent to an activating group) is 1. The monoisotopic (exact) mass is 263 g/mol. The molecule has 0 spiro atoms. The minimum Gasteiger partial charge on any atom is -0.469 e. The standard InChI is InChI=1S/C15H25N3O/c1-12-13(4-8-19-12)9-17(2)15(11-16)5-7-18-6-3-14(15)10-18/h4,8,14H,3,5-7,9-11,16H2,1-2H3. The molecule has 2 aliphatic rings. The Morgan fingerprint density at radius 3 is 3.05 bits per heavy atom. The van der Waals surface area contributed by atoms with Gasteiger partial charge in [-0.1, -0.05) is 0 Å². The average molecular weight is 263 g/mol. The summed E-state index contributed by atoms with van der Waals surface area (Å²) in [5.41, 5.74) is 7.67. The topological polar surface area (TPSA) is 45.6 Å². The largest absolute Gasteiger partial charge is 0.469 e. The third kappa shape index (κ3) is 2.12. The fraction of sp³-hybridized carbons (Fsp3) is 0.733. The number of rotatable bonds is 4. The van der Waals surface area contributed by atoms with E-state index < -0.39 is 0 Å².